The monoisotopic (exact) mass is 474 g/mol. The van der Waals surface area contributed by atoms with Crippen molar-refractivity contribution in [2.24, 2.45) is 0 Å². The molecule has 0 spiro atoms. The quantitative estimate of drug-likeness (QED) is 0.173. The Bertz CT molecular complexity index is 1930. The second-order valence-corrected chi connectivity index (χ2v) is 10.2. The number of rotatable bonds is 2. The Morgan fingerprint density at radius 1 is 0.486 bits per heavy atom. The molecule has 0 radical (unpaired) electrons. The second-order valence-electron chi connectivity index (χ2n) is 10.2. The fourth-order valence-corrected chi connectivity index (χ4v) is 6.53. The van der Waals surface area contributed by atoms with E-state index in [2.05, 4.69) is 116 Å². The smallest absolute Gasteiger partial charge is 0.00616 e. The van der Waals surface area contributed by atoms with Crippen molar-refractivity contribution in [3.8, 4) is 11.1 Å². The van der Waals surface area contributed by atoms with Crippen molar-refractivity contribution >= 4 is 43.1 Å². The van der Waals surface area contributed by atoms with E-state index < -0.39 is 0 Å². The van der Waals surface area contributed by atoms with Crippen LogP contribution in [0.2, 0.25) is 0 Å². The number of hydrogen-bond donors (Lipinski definition) is 0. The summed E-state index contributed by atoms with van der Waals surface area (Å²) in [7, 11) is 0. The van der Waals surface area contributed by atoms with E-state index in [1.165, 1.54) is 76.5 Å². The molecule has 0 heterocycles. The van der Waals surface area contributed by atoms with Gasteiger partial charge in [-0.3, -0.25) is 0 Å². The van der Waals surface area contributed by atoms with E-state index in [-0.39, 0.29) is 0 Å². The first kappa shape index (κ1) is 22.1. The Hall–Kier alpha value is -4.16. The summed E-state index contributed by atoms with van der Waals surface area (Å²) >= 11 is 0. The van der Waals surface area contributed by atoms with E-state index in [1.807, 2.05) is 13.8 Å². The molecule has 0 bridgehead atoms. The molecule has 1 unspecified atom stereocenters. The normalized spacial score (nSPS) is 13.1. The first-order valence-corrected chi connectivity index (χ1v) is 13.6. The first-order valence-electron chi connectivity index (χ1n) is 13.6. The molecule has 1 aliphatic rings. The molecular formula is C37H30. The summed E-state index contributed by atoms with van der Waals surface area (Å²) in [6.07, 6.45) is 1.05. The van der Waals surface area contributed by atoms with Gasteiger partial charge in [-0.15, -0.1) is 0 Å². The Labute approximate surface area is 218 Å². The molecule has 0 heteroatoms. The molecule has 1 atom stereocenters. The highest BCUT2D eigenvalue weighted by Gasteiger charge is 2.21. The maximum absolute atomic E-state index is 2.46. The van der Waals surface area contributed by atoms with E-state index in [0.717, 1.165) is 6.42 Å². The molecule has 0 nitrogen and oxygen atoms in total. The van der Waals surface area contributed by atoms with E-state index in [4.69, 9.17) is 0 Å². The van der Waals surface area contributed by atoms with Gasteiger partial charge in [0.2, 0.25) is 0 Å². The van der Waals surface area contributed by atoms with Crippen molar-refractivity contribution in [1.29, 1.82) is 0 Å². The minimum atomic E-state index is 0.314. The van der Waals surface area contributed by atoms with E-state index in [0.29, 0.717) is 5.92 Å². The molecular weight excluding hydrogens is 444 g/mol. The standard InChI is InChI=1S/C35H24.C2H6/c1-21(23-15-16-25-17-24-7-2-3-11-28(24)32(25)19-23)27-18-26-10-6-13-30-29-12-4-8-22-9-5-14-31(34(22)29)33(20-27)35(26)30;1-2/h2-16,18-21H,17H2,1H3;1-2H3. The van der Waals surface area contributed by atoms with Gasteiger partial charge in [0.05, 0.1) is 0 Å². The Kier molecular flexibility index (Phi) is 5.04. The van der Waals surface area contributed by atoms with Crippen LogP contribution in [-0.2, 0) is 6.42 Å². The first-order chi connectivity index (χ1) is 18.3. The summed E-state index contributed by atoms with van der Waals surface area (Å²) in [4.78, 5) is 0. The van der Waals surface area contributed by atoms with Crippen LogP contribution in [0.3, 0.4) is 0 Å². The van der Waals surface area contributed by atoms with E-state index in [9.17, 15) is 0 Å². The molecule has 0 N–H and O–H groups in total. The lowest BCUT2D eigenvalue weighted by Crippen LogP contribution is -1.98. The SMILES string of the molecule is CC.CC(c1ccc2c(c1)-c1ccccc1C2)c1cc2cccc3c4cccc5cccc(c(c1)c23)c54. The summed E-state index contributed by atoms with van der Waals surface area (Å²) in [5.74, 6) is 0.314. The third-order valence-electron chi connectivity index (χ3n) is 8.31. The number of fused-ring (bicyclic) bond motifs is 5. The topological polar surface area (TPSA) is 0 Å². The average molecular weight is 475 g/mol. The molecule has 7 aromatic rings. The molecule has 37 heavy (non-hydrogen) atoms. The zero-order chi connectivity index (χ0) is 25.1. The lowest BCUT2D eigenvalue weighted by molar-refractivity contribution is 0.926. The molecule has 0 aromatic heterocycles. The fraction of sp³-hybridized carbons (Fsp3) is 0.135. The zero-order valence-corrected chi connectivity index (χ0v) is 21.7. The number of benzene rings is 7. The summed E-state index contributed by atoms with van der Waals surface area (Å²) in [6, 6.07) is 41.1. The third kappa shape index (κ3) is 3.22. The van der Waals surface area contributed by atoms with Crippen LogP contribution in [0.15, 0.2) is 109 Å². The largest absolute Gasteiger partial charge is 0.0683 e. The molecule has 0 fully saturated rings. The van der Waals surface area contributed by atoms with Crippen molar-refractivity contribution in [3.05, 3.63) is 131 Å². The Morgan fingerprint density at radius 2 is 1.11 bits per heavy atom. The maximum Gasteiger partial charge on any atom is 0.00616 e. The van der Waals surface area contributed by atoms with Gasteiger partial charge in [-0.1, -0.05) is 124 Å². The zero-order valence-electron chi connectivity index (χ0n) is 21.7. The van der Waals surface area contributed by atoms with Gasteiger partial charge >= 0.3 is 0 Å². The van der Waals surface area contributed by atoms with Crippen LogP contribution in [-0.4, -0.2) is 0 Å². The van der Waals surface area contributed by atoms with Gasteiger partial charge in [0.1, 0.15) is 0 Å². The minimum Gasteiger partial charge on any atom is -0.0683 e. The van der Waals surface area contributed by atoms with Crippen molar-refractivity contribution in [3.63, 3.8) is 0 Å². The molecule has 7 aromatic carbocycles. The average Bonchev–Trinajstić information content (AvgIpc) is 3.34. The molecule has 0 saturated heterocycles. The predicted octanol–water partition coefficient (Wildman–Crippen LogP) is 10.5. The Balaban J connectivity index is 0.00000113. The molecule has 178 valence electrons. The highest BCUT2D eigenvalue weighted by Crippen LogP contribution is 2.43. The minimum absolute atomic E-state index is 0.314. The highest BCUT2D eigenvalue weighted by molar-refractivity contribution is 6.32. The van der Waals surface area contributed by atoms with Gasteiger partial charge in [-0.25, -0.2) is 0 Å². The highest BCUT2D eigenvalue weighted by atomic mass is 14.2. The summed E-state index contributed by atoms with van der Waals surface area (Å²) < 4.78 is 0. The fourth-order valence-electron chi connectivity index (χ4n) is 6.53. The maximum atomic E-state index is 2.46. The lowest BCUT2D eigenvalue weighted by atomic mass is 9.85. The van der Waals surface area contributed by atoms with Crippen LogP contribution in [0.25, 0.3) is 54.2 Å². The van der Waals surface area contributed by atoms with Gasteiger partial charge in [0.25, 0.3) is 0 Å². The summed E-state index contributed by atoms with van der Waals surface area (Å²) in [5.41, 5.74) is 8.47. The van der Waals surface area contributed by atoms with Crippen LogP contribution >= 0.6 is 0 Å². The van der Waals surface area contributed by atoms with Crippen LogP contribution in [0, 0.1) is 0 Å². The molecule has 8 rings (SSSR count). The Morgan fingerprint density at radius 3 is 1.86 bits per heavy atom. The predicted molar refractivity (Wildman–Crippen MR) is 161 cm³/mol. The van der Waals surface area contributed by atoms with Crippen molar-refractivity contribution in [1.82, 2.24) is 0 Å². The van der Waals surface area contributed by atoms with E-state index >= 15 is 0 Å². The number of hydrogen-bond acceptors (Lipinski definition) is 0. The molecule has 0 saturated carbocycles. The van der Waals surface area contributed by atoms with Gasteiger partial charge < -0.3 is 0 Å². The van der Waals surface area contributed by atoms with Gasteiger partial charge in [0, 0.05) is 5.92 Å². The molecule has 0 amide bonds. The molecule has 1 aliphatic carbocycles. The second kappa shape index (κ2) is 8.46. The van der Waals surface area contributed by atoms with Crippen molar-refractivity contribution < 1.29 is 0 Å². The van der Waals surface area contributed by atoms with Gasteiger partial charge in [-0.05, 0) is 89.0 Å². The van der Waals surface area contributed by atoms with Crippen molar-refractivity contribution in [2.45, 2.75) is 33.1 Å². The van der Waals surface area contributed by atoms with Gasteiger partial charge in [0.15, 0.2) is 0 Å². The van der Waals surface area contributed by atoms with Gasteiger partial charge in [-0.2, -0.15) is 0 Å². The van der Waals surface area contributed by atoms with Crippen LogP contribution in [0.4, 0.5) is 0 Å². The lowest BCUT2D eigenvalue weighted by Gasteiger charge is -2.19. The molecule has 0 aliphatic heterocycles. The van der Waals surface area contributed by atoms with Crippen LogP contribution in [0.1, 0.15) is 48.9 Å². The van der Waals surface area contributed by atoms with Crippen LogP contribution in [0.5, 0.6) is 0 Å². The third-order valence-corrected chi connectivity index (χ3v) is 8.31. The summed E-state index contributed by atoms with van der Waals surface area (Å²) in [5, 5.41) is 10.9. The van der Waals surface area contributed by atoms with Crippen LogP contribution < -0.4 is 0 Å². The summed E-state index contributed by atoms with van der Waals surface area (Å²) in [6.45, 7) is 6.36. The van der Waals surface area contributed by atoms with E-state index in [1.54, 1.807) is 0 Å². The van der Waals surface area contributed by atoms with Crippen molar-refractivity contribution in [2.75, 3.05) is 0 Å².